The van der Waals surface area contributed by atoms with Gasteiger partial charge in [-0.15, -0.1) is 24.9 Å². The first kappa shape index (κ1) is 30.4. The molecule has 1 spiro atoms. The third-order valence-corrected chi connectivity index (χ3v) is 11.5. The number of allylic oxidation sites excluding steroid dienone is 1. The van der Waals surface area contributed by atoms with Gasteiger partial charge in [0.15, 0.2) is 0 Å². The Morgan fingerprint density at radius 3 is 2.67 bits per heavy atom. The number of hydrogen-bond acceptors (Lipinski definition) is 6. The van der Waals surface area contributed by atoms with Crippen molar-refractivity contribution in [3.63, 3.8) is 0 Å². The molecule has 3 aliphatic heterocycles. The highest BCUT2D eigenvalue weighted by molar-refractivity contribution is 8.02. The van der Waals surface area contributed by atoms with Gasteiger partial charge in [0.25, 0.3) is 5.91 Å². The van der Waals surface area contributed by atoms with Crippen molar-refractivity contribution in [3.8, 4) is 0 Å². The molecular weight excluding hydrogens is 548 g/mol. The Morgan fingerprint density at radius 1 is 1.21 bits per heavy atom. The van der Waals surface area contributed by atoms with Crippen LogP contribution in [0, 0.1) is 17.8 Å². The number of fused-ring (bicyclic) bond motifs is 2. The molecule has 7 atom stereocenters. The molecule has 2 aromatic rings. The monoisotopic (exact) mass is 590 g/mol. The molecule has 3 aliphatic rings. The van der Waals surface area contributed by atoms with Gasteiger partial charge in [-0.1, -0.05) is 62.8 Å². The second-order valence-corrected chi connectivity index (χ2v) is 13.4. The van der Waals surface area contributed by atoms with Crippen LogP contribution >= 0.6 is 11.8 Å². The smallest absolute Gasteiger partial charge is 0.310 e. The number of thioether (sulfide) groups is 1. The summed E-state index contributed by atoms with van der Waals surface area (Å²) in [7, 11) is 0. The maximum absolute atomic E-state index is 14.9. The number of aliphatic hydroxyl groups is 1. The van der Waals surface area contributed by atoms with E-state index in [-0.39, 0.29) is 48.7 Å². The molecule has 8 heteroatoms. The van der Waals surface area contributed by atoms with E-state index in [0.717, 1.165) is 35.7 Å². The Balaban J connectivity index is 1.56. The number of unbranched alkanes of at least 4 members (excludes halogenated alkanes) is 1. The largest absolute Gasteiger partial charge is 0.465 e. The fourth-order valence-electron chi connectivity index (χ4n) is 7.25. The predicted molar refractivity (Wildman–Crippen MR) is 168 cm³/mol. The maximum Gasteiger partial charge on any atom is 0.310 e. The lowest BCUT2D eigenvalue weighted by atomic mass is 9.71. The average Bonchev–Trinajstić information content (AvgIpc) is 3.65. The van der Waals surface area contributed by atoms with Crippen LogP contribution in [0.3, 0.4) is 0 Å². The van der Waals surface area contributed by atoms with E-state index < -0.39 is 28.7 Å². The molecule has 224 valence electrons. The van der Waals surface area contributed by atoms with Crippen molar-refractivity contribution < 1.29 is 24.2 Å². The van der Waals surface area contributed by atoms with E-state index in [1.165, 1.54) is 0 Å². The van der Waals surface area contributed by atoms with Crippen molar-refractivity contribution in [1.29, 1.82) is 0 Å². The van der Waals surface area contributed by atoms with Crippen LogP contribution in [0.2, 0.25) is 0 Å². The zero-order chi connectivity index (χ0) is 30.0. The van der Waals surface area contributed by atoms with Gasteiger partial charge in [0.1, 0.15) is 6.04 Å². The molecule has 5 rings (SSSR count). The van der Waals surface area contributed by atoms with Gasteiger partial charge in [-0.3, -0.25) is 14.4 Å². The molecule has 0 radical (unpaired) electrons. The third-order valence-electron chi connectivity index (χ3n) is 9.51. The molecule has 2 aromatic carbocycles. The number of nitrogens with zero attached hydrogens (tertiary/aromatic N) is 2. The summed E-state index contributed by atoms with van der Waals surface area (Å²) in [5, 5.41) is 12.6. The highest BCUT2D eigenvalue weighted by Gasteiger charge is 2.75. The molecule has 2 amide bonds. The zero-order valence-electron chi connectivity index (χ0n) is 24.6. The number of esters is 1. The molecule has 7 nitrogen and oxygen atoms in total. The number of benzene rings is 2. The molecular formula is C34H42N2O5S. The van der Waals surface area contributed by atoms with Gasteiger partial charge in [0, 0.05) is 17.5 Å². The minimum absolute atomic E-state index is 0.0375. The number of hydrogen-bond donors (Lipinski definition) is 1. The molecule has 2 bridgehead atoms. The SMILES string of the molecule is C=CCCCOC(=O)[C@@H]1[C@@H]2CCC3(S2)C(C(=O)N(CC=C)c2ccc4ccccc4c2)N([C@@H](CO)[C@@H](C)CC)C(=O)[C@H]13. The Kier molecular flexibility index (Phi) is 9.14. The Bertz CT molecular complexity index is 1360. The highest BCUT2D eigenvalue weighted by atomic mass is 32.2. The normalized spacial score (nSPS) is 27.5. The molecule has 42 heavy (non-hydrogen) atoms. The highest BCUT2D eigenvalue weighted by Crippen LogP contribution is 2.67. The molecule has 1 N–H and O–H groups in total. The van der Waals surface area contributed by atoms with Crippen LogP contribution in [-0.4, -0.2) is 69.6 Å². The molecule has 0 aliphatic carbocycles. The average molecular weight is 591 g/mol. The lowest BCUT2D eigenvalue weighted by molar-refractivity contribution is -0.154. The summed E-state index contributed by atoms with van der Waals surface area (Å²) in [5.41, 5.74) is 0.727. The molecule has 3 fully saturated rings. The van der Waals surface area contributed by atoms with Gasteiger partial charge in [0.2, 0.25) is 5.91 Å². The van der Waals surface area contributed by atoms with Crippen LogP contribution in [0.4, 0.5) is 5.69 Å². The summed E-state index contributed by atoms with van der Waals surface area (Å²) >= 11 is 1.62. The predicted octanol–water partition coefficient (Wildman–Crippen LogP) is 5.37. The van der Waals surface area contributed by atoms with Crippen LogP contribution in [-0.2, 0) is 19.1 Å². The molecule has 3 saturated heterocycles. The number of aliphatic hydroxyl groups excluding tert-OH is 1. The van der Waals surface area contributed by atoms with Crippen molar-refractivity contribution in [1.82, 2.24) is 4.90 Å². The van der Waals surface area contributed by atoms with E-state index in [1.807, 2.05) is 56.3 Å². The Labute approximate surface area is 253 Å². The summed E-state index contributed by atoms with van der Waals surface area (Å²) in [5.74, 6) is -2.08. The van der Waals surface area contributed by atoms with E-state index in [4.69, 9.17) is 4.74 Å². The standard InChI is InChI=1S/C34H42N2O5S/c1-5-8-11-19-41-33(40)28-27-16-17-34(42-27)29(28)31(38)36(26(21-37)22(4)7-3)30(34)32(39)35(18-6-2)25-15-14-23-12-9-10-13-24(23)20-25/h5-6,9-10,12-15,20,22,26-30,37H,1-2,7-8,11,16-19,21H2,3-4H3/t22-,26-,27-,28+,29-,30?,34?/m0/s1. The second-order valence-electron chi connectivity index (χ2n) is 11.8. The summed E-state index contributed by atoms with van der Waals surface area (Å²) in [6.07, 6.45) is 7.04. The first-order chi connectivity index (χ1) is 20.3. The van der Waals surface area contributed by atoms with E-state index in [0.29, 0.717) is 12.8 Å². The van der Waals surface area contributed by atoms with Crippen LogP contribution < -0.4 is 4.90 Å². The van der Waals surface area contributed by atoms with Gasteiger partial charge in [-0.2, -0.15) is 0 Å². The summed E-state index contributed by atoms with van der Waals surface area (Å²) in [6.45, 7) is 12.0. The summed E-state index contributed by atoms with van der Waals surface area (Å²) in [6, 6.07) is 12.6. The first-order valence-electron chi connectivity index (χ1n) is 15.1. The lowest BCUT2D eigenvalue weighted by Gasteiger charge is -2.41. The van der Waals surface area contributed by atoms with Crippen molar-refractivity contribution in [2.45, 2.75) is 68.0 Å². The van der Waals surface area contributed by atoms with Gasteiger partial charge < -0.3 is 19.6 Å². The molecule has 0 aromatic heterocycles. The van der Waals surface area contributed by atoms with E-state index in [1.54, 1.807) is 33.7 Å². The number of carbonyl (C=O) groups is 3. The fourth-order valence-corrected chi connectivity index (χ4v) is 9.44. The van der Waals surface area contributed by atoms with E-state index in [9.17, 15) is 19.5 Å². The maximum atomic E-state index is 14.9. The molecule has 0 saturated carbocycles. The van der Waals surface area contributed by atoms with E-state index >= 15 is 0 Å². The second kappa shape index (κ2) is 12.6. The fraction of sp³-hybridized carbons (Fsp3) is 0.500. The summed E-state index contributed by atoms with van der Waals surface area (Å²) in [4.78, 5) is 46.2. The number of carbonyl (C=O) groups excluding carboxylic acids is 3. The number of anilines is 1. The first-order valence-corrected chi connectivity index (χ1v) is 16.0. The third kappa shape index (κ3) is 5.06. The minimum Gasteiger partial charge on any atom is -0.465 e. The van der Waals surface area contributed by atoms with Crippen molar-refractivity contribution >= 4 is 46.0 Å². The van der Waals surface area contributed by atoms with Crippen LogP contribution in [0.15, 0.2) is 67.8 Å². The zero-order valence-corrected chi connectivity index (χ0v) is 25.4. The summed E-state index contributed by atoms with van der Waals surface area (Å²) < 4.78 is 4.92. The van der Waals surface area contributed by atoms with Gasteiger partial charge in [0.05, 0.1) is 35.8 Å². The van der Waals surface area contributed by atoms with Crippen LogP contribution in [0.25, 0.3) is 10.8 Å². The molecule has 2 unspecified atom stereocenters. The van der Waals surface area contributed by atoms with E-state index in [2.05, 4.69) is 13.2 Å². The van der Waals surface area contributed by atoms with Crippen molar-refractivity contribution in [3.05, 3.63) is 67.8 Å². The Hall–Kier alpha value is -3.10. The topological polar surface area (TPSA) is 87.2 Å². The van der Waals surface area contributed by atoms with Gasteiger partial charge in [-0.05, 0) is 54.5 Å². The minimum atomic E-state index is -0.818. The van der Waals surface area contributed by atoms with Crippen molar-refractivity contribution in [2.75, 3.05) is 24.7 Å². The quantitative estimate of drug-likeness (QED) is 0.192. The lowest BCUT2D eigenvalue weighted by Crippen LogP contribution is -2.58. The van der Waals surface area contributed by atoms with Crippen molar-refractivity contribution in [2.24, 2.45) is 17.8 Å². The number of rotatable bonds is 13. The Morgan fingerprint density at radius 2 is 1.98 bits per heavy atom. The molecule has 3 heterocycles. The number of likely N-dealkylation sites (tertiary alicyclic amines) is 1. The number of amides is 2. The van der Waals surface area contributed by atoms with Gasteiger partial charge >= 0.3 is 5.97 Å². The van der Waals surface area contributed by atoms with Crippen LogP contribution in [0.1, 0.15) is 46.0 Å². The van der Waals surface area contributed by atoms with Crippen LogP contribution in [0.5, 0.6) is 0 Å². The van der Waals surface area contributed by atoms with Gasteiger partial charge in [-0.25, -0.2) is 0 Å². The number of ether oxygens (including phenoxy) is 1.